The molecule has 2 aromatic rings. The van der Waals surface area contributed by atoms with E-state index in [2.05, 4.69) is 20.9 Å². The van der Waals surface area contributed by atoms with E-state index >= 15 is 0 Å². The van der Waals surface area contributed by atoms with Crippen molar-refractivity contribution in [2.24, 2.45) is 0 Å². The molecule has 4 heteroatoms. The fourth-order valence-electron chi connectivity index (χ4n) is 1.63. The molecule has 0 fully saturated rings. The molecule has 0 saturated heterocycles. The van der Waals surface area contributed by atoms with Gasteiger partial charge in [0.15, 0.2) is 0 Å². The molecule has 0 amide bonds. The van der Waals surface area contributed by atoms with Crippen molar-refractivity contribution in [3.8, 4) is 0 Å². The van der Waals surface area contributed by atoms with Crippen LogP contribution in [0.2, 0.25) is 0 Å². The summed E-state index contributed by atoms with van der Waals surface area (Å²) >= 11 is 3.31. The van der Waals surface area contributed by atoms with Crippen LogP contribution in [0.1, 0.15) is 18.1 Å². The first-order valence-corrected chi connectivity index (χ1v) is 6.10. The topological polar surface area (TPSA) is 12.9 Å². The van der Waals surface area contributed by atoms with Crippen molar-refractivity contribution in [2.75, 3.05) is 0 Å². The summed E-state index contributed by atoms with van der Waals surface area (Å²) in [5.74, 6) is -0.889. The zero-order valence-corrected chi connectivity index (χ0v) is 11.2. The zero-order valence-electron chi connectivity index (χ0n) is 9.62. The Balaban J connectivity index is 2.41. The molecule has 1 aromatic heterocycles. The third-order valence-corrected chi connectivity index (χ3v) is 2.90. The minimum absolute atomic E-state index is 0.259. The van der Waals surface area contributed by atoms with Crippen molar-refractivity contribution in [1.29, 1.82) is 0 Å². The molecule has 0 bridgehead atoms. The highest BCUT2D eigenvalue weighted by molar-refractivity contribution is 9.10. The van der Waals surface area contributed by atoms with E-state index in [1.807, 2.05) is 6.07 Å². The third-order valence-electron chi connectivity index (χ3n) is 2.46. The molecular formula is C14H10BrF2N. The van der Waals surface area contributed by atoms with E-state index in [1.165, 1.54) is 6.07 Å². The lowest BCUT2D eigenvalue weighted by Crippen LogP contribution is -1.89. The Hall–Kier alpha value is -1.55. The summed E-state index contributed by atoms with van der Waals surface area (Å²) in [6.07, 6.45) is 5.08. The van der Waals surface area contributed by atoms with Gasteiger partial charge in [0.05, 0.1) is 0 Å². The molecule has 2 rings (SSSR count). The maximum absolute atomic E-state index is 13.6. The zero-order chi connectivity index (χ0) is 13.1. The molecular weight excluding hydrogens is 300 g/mol. The minimum atomic E-state index is -0.452. The van der Waals surface area contributed by atoms with Crippen LogP contribution >= 0.6 is 15.9 Å². The van der Waals surface area contributed by atoms with Gasteiger partial charge in [-0.1, -0.05) is 0 Å². The maximum atomic E-state index is 13.6. The summed E-state index contributed by atoms with van der Waals surface area (Å²) in [6.45, 7) is 1.73. The van der Waals surface area contributed by atoms with Crippen molar-refractivity contribution in [3.05, 3.63) is 63.9 Å². The molecule has 1 nitrogen and oxygen atoms in total. The predicted octanol–water partition coefficient (Wildman–Crippen LogP) is 4.68. The minimum Gasteiger partial charge on any atom is -0.263 e. The maximum Gasteiger partial charge on any atom is 0.130 e. The highest BCUT2D eigenvalue weighted by Crippen LogP contribution is 2.22. The highest BCUT2D eigenvalue weighted by atomic mass is 79.9. The number of benzene rings is 1. The van der Waals surface area contributed by atoms with Gasteiger partial charge in [0.1, 0.15) is 11.6 Å². The number of halogens is 3. The van der Waals surface area contributed by atoms with Crippen molar-refractivity contribution < 1.29 is 8.78 Å². The fourth-order valence-corrected chi connectivity index (χ4v) is 2.02. The summed E-state index contributed by atoms with van der Waals surface area (Å²) in [5.41, 5.74) is 1.73. The van der Waals surface area contributed by atoms with Crippen molar-refractivity contribution in [2.45, 2.75) is 6.92 Å². The summed E-state index contributed by atoms with van der Waals surface area (Å²) in [6, 6.07) is 5.27. The van der Waals surface area contributed by atoms with Crippen molar-refractivity contribution in [3.63, 3.8) is 0 Å². The number of allylic oxidation sites excluding steroid dienone is 1. The quantitative estimate of drug-likeness (QED) is 0.784. The van der Waals surface area contributed by atoms with Crippen molar-refractivity contribution in [1.82, 2.24) is 4.98 Å². The van der Waals surface area contributed by atoms with Crippen LogP contribution < -0.4 is 0 Å². The Morgan fingerprint density at radius 2 is 2.00 bits per heavy atom. The molecule has 1 heterocycles. The highest BCUT2D eigenvalue weighted by Gasteiger charge is 2.05. The number of aromatic nitrogens is 1. The van der Waals surface area contributed by atoms with Gasteiger partial charge in [0, 0.05) is 22.4 Å². The first-order chi connectivity index (χ1) is 8.56. The van der Waals surface area contributed by atoms with E-state index in [0.717, 1.165) is 22.2 Å². The molecule has 0 spiro atoms. The van der Waals surface area contributed by atoms with Gasteiger partial charge < -0.3 is 0 Å². The average molecular weight is 310 g/mol. The van der Waals surface area contributed by atoms with Crippen LogP contribution in [-0.4, -0.2) is 4.98 Å². The van der Waals surface area contributed by atoms with Gasteiger partial charge in [-0.3, -0.25) is 4.98 Å². The lowest BCUT2D eigenvalue weighted by Gasteiger charge is -2.04. The summed E-state index contributed by atoms with van der Waals surface area (Å²) in [7, 11) is 0. The van der Waals surface area contributed by atoms with E-state index in [0.29, 0.717) is 5.57 Å². The van der Waals surface area contributed by atoms with Gasteiger partial charge in [-0.05, 0) is 64.3 Å². The number of pyridine rings is 1. The van der Waals surface area contributed by atoms with Crippen LogP contribution in [0, 0.1) is 11.6 Å². The van der Waals surface area contributed by atoms with Gasteiger partial charge >= 0.3 is 0 Å². The molecule has 0 aliphatic rings. The second-order valence-corrected chi connectivity index (χ2v) is 4.80. The molecule has 0 saturated carbocycles. The summed E-state index contributed by atoms with van der Waals surface area (Å²) < 4.78 is 27.5. The second-order valence-electron chi connectivity index (χ2n) is 3.89. The molecule has 0 radical (unpaired) electrons. The molecule has 0 atom stereocenters. The predicted molar refractivity (Wildman–Crippen MR) is 71.8 cm³/mol. The monoisotopic (exact) mass is 309 g/mol. The lowest BCUT2D eigenvalue weighted by molar-refractivity contribution is 0.597. The van der Waals surface area contributed by atoms with Crippen LogP contribution in [0.4, 0.5) is 8.78 Å². The molecule has 0 aliphatic heterocycles. The largest absolute Gasteiger partial charge is 0.263 e. The van der Waals surface area contributed by atoms with E-state index in [-0.39, 0.29) is 5.56 Å². The first-order valence-electron chi connectivity index (χ1n) is 5.30. The second kappa shape index (κ2) is 5.40. The Morgan fingerprint density at radius 1 is 1.22 bits per heavy atom. The molecule has 0 unspecified atom stereocenters. The van der Waals surface area contributed by atoms with Crippen LogP contribution in [0.3, 0.4) is 0 Å². The molecule has 92 valence electrons. The normalized spacial score (nSPS) is 11.7. The lowest BCUT2D eigenvalue weighted by atomic mass is 10.0. The number of hydrogen-bond acceptors (Lipinski definition) is 1. The standard InChI is InChI=1S/C14H10BrF2N/c1-9(4-10-5-11(15)8-18-7-10)13-6-12(16)2-3-14(13)17/h2-8H,1H3/b9-4-. The smallest absolute Gasteiger partial charge is 0.130 e. The molecule has 0 N–H and O–H groups in total. The van der Waals surface area contributed by atoms with E-state index in [4.69, 9.17) is 0 Å². The van der Waals surface area contributed by atoms with Gasteiger partial charge in [0.2, 0.25) is 0 Å². The Labute approximate surface area is 112 Å². The Morgan fingerprint density at radius 3 is 2.72 bits per heavy atom. The number of nitrogens with zero attached hydrogens (tertiary/aromatic N) is 1. The summed E-state index contributed by atoms with van der Waals surface area (Å²) in [5, 5.41) is 0. The first kappa shape index (κ1) is 12.9. The SMILES string of the molecule is C/C(=C/c1cncc(Br)c1)c1cc(F)ccc1F. The number of hydrogen-bond donors (Lipinski definition) is 0. The van der Waals surface area contributed by atoms with E-state index in [9.17, 15) is 8.78 Å². The van der Waals surface area contributed by atoms with Crippen LogP contribution in [0.15, 0.2) is 41.1 Å². The third kappa shape index (κ3) is 3.01. The fraction of sp³-hybridized carbons (Fsp3) is 0.0714. The number of rotatable bonds is 2. The summed E-state index contributed by atoms with van der Waals surface area (Å²) in [4.78, 5) is 4.01. The van der Waals surface area contributed by atoms with E-state index < -0.39 is 11.6 Å². The van der Waals surface area contributed by atoms with Gasteiger partial charge in [0.25, 0.3) is 0 Å². The molecule has 18 heavy (non-hydrogen) atoms. The van der Waals surface area contributed by atoms with Gasteiger partial charge in [-0.15, -0.1) is 0 Å². The van der Waals surface area contributed by atoms with Crippen LogP contribution in [0.5, 0.6) is 0 Å². The van der Waals surface area contributed by atoms with E-state index in [1.54, 1.807) is 25.4 Å². The molecule has 0 aliphatic carbocycles. The average Bonchev–Trinajstić information content (AvgIpc) is 2.32. The van der Waals surface area contributed by atoms with Crippen LogP contribution in [-0.2, 0) is 0 Å². The van der Waals surface area contributed by atoms with Gasteiger partial charge in [-0.25, -0.2) is 8.78 Å². The van der Waals surface area contributed by atoms with Gasteiger partial charge in [-0.2, -0.15) is 0 Å². The Bertz CT molecular complexity index is 608. The van der Waals surface area contributed by atoms with Crippen molar-refractivity contribution >= 4 is 27.6 Å². The Kier molecular flexibility index (Phi) is 3.87. The molecule has 1 aromatic carbocycles. The van der Waals surface area contributed by atoms with Crippen LogP contribution in [0.25, 0.3) is 11.6 Å².